The third-order valence-corrected chi connectivity index (χ3v) is 4.81. The van der Waals surface area contributed by atoms with Crippen LogP contribution in [0, 0.1) is 0 Å². The largest absolute Gasteiger partial charge is 0.374 e. The minimum absolute atomic E-state index is 0.199. The fourth-order valence-corrected chi connectivity index (χ4v) is 3.78. The Kier molecular flexibility index (Phi) is 3.91. The molecule has 1 aromatic carbocycles. The molecule has 22 heavy (non-hydrogen) atoms. The van der Waals surface area contributed by atoms with Crippen molar-refractivity contribution in [3.63, 3.8) is 0 Å². The second kappa shape index (κ2) is 6.18. The van der Waals surface area contributed by atoms with Gasteiger partial charge in [0.1, 0.15) is 12.7 Å². The molecule has 5 heteroatoms. The van der Waals surface area contributed by atoms with Crippen molar-refractivity contribution < 1.29 is 4.74 Å². The summed E-state index contributed by atoms with van der Waals surface area (Å²) in [5.74, 6) is 0. The standard InChI is InChI=1S/C17H22N4O/c1-2-6-16-14(4-1)5-3-7-17(16)20-8-9-22-15(10-20)11-21-13-18-12-19-21/h1-2,4,6,12-13,15,17H,3,5,7-11H2/t15-,17-/m1/s1. The van der Waals surface area contributed by atoms with E-state index in [1.807, 2.05) is 4.68 Å². The van der Waals surface area contributed by atoms with E-state index in [4.69, 9.17) is 4.74 Å². The molecule has 5 nitrogen and oxygen atoms in total. The van der Waals surface area contributed by atoms with Gasteiger partial charge in [-0.15, -0.1) is 0 Å². The zero-order valence-corrected chi connectivity index (χ0v) is 12.8. The van der Waals surface area contributed by atoms with Gasteiger partial charge in [-0.1, -0.05) is 24.3 Å². The van der Waals surface area contributed by atoms with Crippen molar-refractivity contribution in [2.75, 3.05) is 19.7 Å². The molecule has 2 atom stereocenters. The second-order valence-electron chi connectivity index (χ2n) is 6.21. The van der Waals surface area contributed by atoms with Crippen LogP contribution in [0.15, 0.2) is 36.9 Å². The molecule has 1 fully saturated rings. The van der Waals surface area contributed by atoms with Gasteiger partial charge < -0.3 is 4.74 Å². The highest BCUT2D eigenvalue weighted by atomic mass is 16.5. The number of fused-ring (bicyclic) bond motifs is 1. The first-order chi connectivity index (χ1) is 10.9. The molecule has 1 aliphatic carbocycles. The highest BCUT2D eigenvalue weighted by Gasteiger charge is 2.30. The lowest BCUT2D eigenvalue weighted by atomic mass is 9.86. The molecular weight excluding hydrogens is 276 g/mol. The summed E-state index contributed by atoms with van der Waals surface area (Å²) >= 11 is 0. The van der Waals surface area contributed by atoms with Crippen LogP contribution in [0.5, 0.6) is 0 Å². The van der Waals surface area contributed by atoms with Crippen LogP contribution >= 0.6 is 0 Å². The summed E-state index contributed by atoms with van der Waals surface area (Å²) in [6.45, 7) is 3.58. The molecule has 0 bridgehead atoms. The summed E-state index contributed by atoms with van der Waals surface area (Å²) < 4.78 is 7.79. The molecule has 4 rings (SSSR count). The lowest BCUT2D eigenvalue weighted by Crippen LogP contribution is -2.46. The van der Waals surface area contributed by atoms with Gasteiger partial charge in [0, 0.05) is 19.1 Å². The van der Waals surface area contributed by atoms with E-state index in [0.717, 1.165) is 26.2 Å². The third-order valence-electron chi connectivity index (χ3n) is 4.81. The van der Waals surface area contributed by atoms with Crippen LogP contribution < -0.4 is 0 Å². The van der Waals surface area contributed by atoms with E-state index in [0.29, 0.717) is 6.04 Å². The lowest BCUT2D eigenvalue weighted by molar-refractivity contribution is -0.0541. The summed E-state index contributed by atoms with van der Waals surface area (Å²) in [4.78, 5) is 6.61. The minimum atomic E-state index is 0.199. The van der Waals surface area contributed by atoms with Crippen molar-refractivity contribution in [3.8, 4) is 0 Å². The first kappa shape index (κ1) is 13.9. The van der Waals surface area contributed by atoms with Crippen molar-refractivity contribution in [1.29, 1.82) is 0 Å². The molecule has 0 amide bonds. The third kappa shape index (κ3) is 2.78. The zero-order chi connectivity index (χ0) is 14.8. The average Bonchev–Trinajstić information content (AvgIpc) is 3.07. The average molecular weight is 298 g/mol. The molecule has 2 aromatic rings. The molecular formula is C17H22N4O. The van der Waals surface area contributed by atoms with Gasteiger partial charge in [-0.25, -0.2) is 4.98 Å². The maximum Gasteiger partial charge on any atom is 0.137 e. The molecule has 0 saturated carbocycles. The van der Waals surface area contributed by atoms with Crippen molar-refractivity contribution >= 4 is 0 Å². The summed E-state index contributed by atoms with van der Waals surface area (Å²) in [7, 11) is 0. The number of aromatic nitrogens is 3. The van der Waals surface area contributed by atoms with Crippen molar-refractivity contribution in [2.24, 2.45) is 0 Å². The summed E-state index contributed by atoms with van der Waals surface area (Å²) in [6.07, 6.45) is 7.31. The second-order valence-corrected chi connectivity index (χ2v) is 6.21. The van der Waals surface area contributed by atoms with E-state index >= 15 is 0 Å². The number of hydrogen-bond donors (Lipinski definition) is 0. The van der Waals surface area contributed by atoms with Crippen LogP contribution in [-0.4, -0.2) is 45.5 Å². The first-order valence-corrected chi connectivity index (χ1v) is 8.16. The van der Waals surface area contributed by atoms with Crippen LogP contribution in [0.25, 0.3) is 0 Å². The SMILES string of the molecule is c1ccc2c(c1)CCC[C@H]2N1CCO[C@@H](Cn2cncn2)C1. The van der Waals surface area contributed by atoms with E-state index < -0.39 is 0 Å². The number of ether oxygens (including phenoxy) is 1. The fraction of sp³-hybridized carbons (Fsp3) is 0.529. The molecule has 0 spiro atoms. The van der Waals surface area contributed by atoms with E-state index in [-0.39, 0.29) is 6.10 Å². The Labute approximate surface area is 130 Å². The molecule has 1 aromatic heterocycles. The van der Waals surface area contributed by atoms with E-state index in [2.05, 4.69) is 39.2 Å². The number of nitrogens with zero attached hydrogens (tertiary/aromatic N) is 4. The van der Waals surface area contributed by atoms with Gasteiger partial charge >= 0.3 is 0 Å². The maximum absolute atomic E-state index is 5.93. The minimum Gasteiger partial charge on any atom is -0.374 e. The summed E-state index contributed by atoms with van der Waals surface area (Å²) in [5.41, 5.74) is 3.05. The molecule has 1 aliphatic heterocycles. The predicted octanol–water partition coefficient (Wildman–Crippen LogP) is 2.06. The van der Waals surface area contributed by atoms with Crippen LogP contribution in [0.2, 0.25) is 0 Å². The summed E-state index contributed by atoms with van der Waals surface area (Å²) in [6, 6.07) is 9.47. The van der Waals surface area contributed by atoms with Gasteiger partial charge in [-0.05, 0) is 30.4 Å². The van der Waals surface area contributed by atoms with Crippen molar-refractivity contribution in [1.82, 2.24) is 19.7 Å². The predicted molar refractivity (Wildman–Crippen MR) is 83.5 cm³/mol. The monoisotopic (exact) mass is 298 g/mol. The highest BCUT2D eigenvalue weighted by molar-refractivity contribution is 5.32. The van der Waals surface area contributed by atoms with Gasteiger partial charge in [0.15, 0.2) is 0 Å². The molecule has 0 unspecified atom stereocenters. The molecule has 116 valence electrons. The van der Waals surface area contributed by atoms with Gasteiger partial charge in [-0.3, -0.25) is 9.58 Å². The van der Waals surface area contributed by atoms with E-state index in [9.17, 15) is 0 Å². The number of hydrogen-bond acceptors (Lipinski definition) is 4. The van der Waals surface area contributed by atoms with Gasteiger partial charge in [0.2, 0.25) is 0 Å². The van der Waals surface area contributed by atoms with E-state index in [1.165, 1.54) is 30.4 Å². The molecule has 0 N–H and O–H groups in total. The first-order valence-electron chi connectivity index (χ1n) is 8.16. The van der Waals surface area contributed by atoms with Gasteiger partial charge in [0.25, 0.3) is 0 Å². The Bertz CT molecular complexity index is 613. The molecule has 1 saturated heterocycles. The van der Waals surface area contributed by atoms with Gasteiger partial charge in [-0.2, -0.15) is 5.10 Å². The smallest absolute Gasteiger partial charge is 0.137 e. The van der Waals surface area contributed by atoms with Crippen LogP contribution in [-0.2, 0) is 17.7 Å². The Morgan fingerprint density at radius 3 is 3.14 bits per heavy atom. The highest BCUT2D eigenvalue weighted by Crippen LogP contribution is 2.35. The quantitative estimate of drug-likeness (QED) is 0.870. The molecule has 2 heterocycles. The molecule has 2 aliphatic rings. The number of rotatable bonds is 3. The number of benzene rings is 1. The number of morpholine rings is 1. The summed E-state index contributed by atoms with van der Waals surface area (Å²) in [5, 5.41) is 4.19. The Hall–Kier alpha value is -1.72. The fourth-order valence-electron chi connectivity index (χ4n) is 3.78. The van der Waals surface area contributed by atoms with Crippen LogP contribution in [0.4, 0.5) is 0 Å². The van der Waals surface area contributed by atoms with Crippen molar-refractivity contribution in [2.45, 2.75) is 38.0 Å². The Balaban J connectivity index is 1.48. The normalized spacial score (nSPS) is 25.8. The zero-order valence-electron chi connectivity index (χ0n) is 12.8. The number of aryl methyl sites for hydroxylation is 1. The van der Waals surface area contributed by atoms with Crippen LogP contribution in [0.1, 0.15) is 30.0 Å². The van der Waals surface area contributed by atoms with Gasteiger partial charge in [0.05, 0.1) is 19.3 Å². The van der Waals surface area contributed by atoms with Crippen molar-refractivity contribution in [3.05, 3.63) is 48.0 Å². The lowest BCUT2D eigenvalue weighted by Gasteiger charge is -2.40. The van der Waals surface area contributed by atoms with E-state index in [1.54, 1.807) is 12.7 Å². The Morgan fingerprint density at radius 2 is 2.23 bits per heavy atom. The Morgan fingerprint density at radius 1 is 1.27 bits per heavy atom. The maximum atomic E-state index is 5.93. The molecule has 0 radical (unpaired) electrons. The van der Waals surface area contributed by atoms with Crippen LogP contribution in [0.3, 0.4) is 0 Å². The topological polar surface area (TPSA) is 43.2 Å².